The summed E-state index contributed by atoms with van der Waals surface area (Å²) >= 11 is 1.12. The molecule has 0 aliphatic rings. The number of rotatable bonds is 3. The number of anilines is 1. The molecule has 26 heavy (non-hydrogen) atoms. The fourth-order valence-corrected chi connectivity index (χ4v) is 3.44. The van der Waals surface area contributed by atoms with Gasteiger partial charge in [-0.1, -0.05) is 6.07 Å². The van der Waals surface area contributed by atoms with Crippen LogP contribution in [-0.4, -0.2) is 20.2 Å². The van der Waals surface area contributed by atoms with Crippen molar-refractivity contribution in [3.8, 4) is 0 Å². The Labute approximate surface area is 149 Å². The van der Waals surface area contributed by atoms with Crippen molar-refractivity contribution in [2.45, 2.75) is 0 Å². The van der Waals surface area contributed by atoms with Crippen molar-refractivity contribution in [1.29, 1.82) is 0 Å². The van der Waals surface area contributed by atoms with Crippen molar-refractivity contribution in [3.63, 3.8) is 0 Å². The van der Waals surface area contributed by atoms with Crippen LogP contribution < -0.4 is 10.9 Å². The predicted molar refractivity (Wildman–Crippen MR) is 97.9 cm³/mol. The van der Waals surface area contributed by atoms with Crippen molar-refractivity contribution < 1.29 is 9.72 Å². The zero-order chi connectivity index (χ0) is 18.3. The molecule has 4 aromatic rings. The van der Waals surface area contributed by atoms with Crippen LogP contribution >= 0.6 is 11.3 Å². The highest BCUT2D eigenvalue weighted by atomic mass is 32.1. The van der Waals surface area contributed by atoms with E-state index in [1.165, 1.54) is 34.7 Å². The summed E-state index contributed by atoms with van der Waals surface area (Å²) in [6, 6.07) is 12.3. The van der Waals surface area contributed by atoms with E-state index in [4.69, 9.17) is 0 Å². The van der Waals surface area contributed by atoms with Gasteiger partial charge in [-0.05, 0) is 30.3 Å². The number of nitro benzene ring substituents is 1. The summed E-state index contributed by atoms with van der Waals surface area (Å²) in [4.78, 5) is 40.3. The normalized spacial score (nSPS) is 10.9. The largest absolute Gasteiger partial charge is 0.321 e. The lowest BCUT2D eigenvalue weighted by Crippen LogP contribution is -2.13. The number of nitro groups is 1. The van der Waals surface area contributed by atoms with E-state index >= 15 is 0 Å². The number of aromatic nitrogens is 2. The Morgan fingerprint density at radius 3 is 2.69 bits per heavy atom. The molecule has 128 valence electrons. The molecule has 9 heteroatoms. The van der Waals surface area contributed by atoms with Gasteiger partial charge >= 0.3 is 0 Å². The number of hydrogen-bond acceptors (Lipinski definition) is 6. The van der Waals surface area contributed by atoms with Crippen molar-refractivity contribution in [2.75, 3.05) is 5.32 Å². The molecule has 0 fully saturated rings. The molecule has 0 saturated heterocycles. The number of thiophene rings is 1. The molecular formula is C17H10N4O4S. The summed E-state index contributed by atoms with van der Waals surface area (Å²) in [6.07, 6.45) is 1.62. The standard InChI is InChI=1S/C17H10N4O4S/c22-15(18-10-4-6-11(7-5-10)21(24)25)13-9-12-16(26-13)19-14-3-1-2-8-20(14)17(12)23/h1-9H,(H,18,22). The van der Waals surface area contributed by atoms with Crippen LogP contribution in [0.4, 0.5) is 11.4 Å². The van der Waals surface area contributed by atoms with E-state index in [-0.39, 0.29) is 11.2 Å². The highest BCUT2D eigenvalue weighted by Crippen LogP contribution is 2.23. The van der Waals surface area contributed by atoms with Gasteiger partial charge in [0.2, 0.25) is 0 Å². The number of carbonyl (C=O) groups excluding carboxylic acids is 1. The van der Waals surface area contributed by atoms with Crippen LogP contribution in [0.25, 0.3) is 15.9 Å². The maximum Gasteiger partial charge on any atom is 0.269 e. The molecule has 0 saturated carbocycles. The van der Waals surface area contributed by atoms with Gasteiger partial charge in [-0.2, -0.15) is 0 Å². The first-order chi connectivity index (χ1) is 12.5. The first-order valence-corrected chi connectivity index (χ1v) is 8.31. The smallest absolute Gasteiger partial charge is 0.269 e. The van der Waals surface area contributed by atoms with E-state index < -0.39 is 10.8 Å². The molecule has 4 rings (SSSR count). The van der Waals surface area contributed by atoms with Gasteiger partial charge in [0.05, 0.1) is 15.2 Å². The zero-order valence-electron chi connectivity index (χ0n) is 13.1. The van der Waals surface area contributed by atoms with E-state index in [0.29, 0.717) is 26.4 Å². The molecule has 1 amide bonds. The van der Waals surface area contributed by atoms with E-state index in [1.54, 1.807) is 24.4 Å². The Morgan fingerprint density at radius 2 is 1.96 bits per heavy atom. The van der Waals surface area contributed by atoms with E-state index in [9.17, 15) is 19.7 Å². The number of amides is 1. The molecule has 0 unspecified atom stereocenters. The summed E-state index contributed by atoms with van der Waals surface area (Å²) in [7, 11) is 0. The Balaban J connectivity index is 1.68. The topological polar surface area (TPSA) is 107 Å². The second-order valence-electron chi connectivity index (χ2n) is 5.43. The molecule has 3 aromatic heterocycles. The second-order valence-corrected chi connectivity index (χ2v) is 6.46. The fraction of sp³-hybridized carbons (Fsp3) is 0. The number of pyridine rings is 1. The summed E-state index contributed by atoms with van der Waals surface area (Å²) < 4.78 is 1.42. The molecule has 0 bridgehead atoms. The Bertz CT molecular complexity index is 1230. The van der Waals surface area contributed by atoms with Gasteiger partial charge in [-0.25, -0.2) is 4.98 Å². The molecular weight excluding hydrogens is 356 g/mol. The number of carbonyl (C=O) groups is 1. The fourth-order valence-electron chi connectivity index (χ4n) is 2.52. The summed E-state index contributed by atoms with van der Waals surface area (Å²) in [5.41, 5.74) is 0.632. The van der Waals surface area contributed by atoms with Gasteiger partial charge in [0.1, 0.15) is 10.5 Å². The van der Waals surface area contributed by atoms with Gasteiger partial charge < -0.3 is 5.32 Å². The van der Waals surface area contributed by atoms with Crippen LogP contribution in [0, 0.1) is 10.1 Å². The lowest BCUT2D eigenvalue weighted by atomic mass is 10.2. The molecule has 0 atom stereocenters. The van der Waals surface area contributed by atoms with E-state index in [1.807, 2.05) is 0 Å². The number of non-ortho nitro benzene ring substituents is 1. The molecule has 0 spiro atoms. The zero-order valence-corrected chi connectivity index (χ0v) is 13.9. The van der Waals surface area contributed by atoms with E-state index in [0.717, 1.165) is 11.3 Å². The third kappa shape index (κ3) is 2.70. The minimum atomic E-state index is -0.513. The van der Waals surface area contributed by atoms with Crippen LogP contribution in [0.2, 0.25) is 0 Å². The van der Waals surface area contributed by atoms with Crippen molar-refractivity contribution in [3.05, 3.63) is 80.1 Å². The SMILES string of the molecule is O=C(Nc1ccc([N+](=O)[O-])cc1)c1cc2c(=O)n3ccccc3nc2s1. The number of fused-ring (bicyclic) bond motifs is 2. The molecule has 0 aliphatic heterocycles. The Morgan fingerprint density at radius 1 is 1.19 bits per heavy atom. The van der Waals surface area contributed by atoms with Gasteiger partial charge in [0, 0.05) is 24.0 Å². The maximum atomic E-state index is 12.5. The minimum absolute atomic E-state index is 0.0613. The number of benzene rings is 1. The average molecular weight is 366 g/mol. The first-order valence-electron chi connectivity index (χ1n) is 7.50. The molecule has 0 aliphatic carbocycles. The molecule has 1 aromatic carbocycles. The predicted octanol–water partition coefficient (Wildman–Crippen LogP) is 3.07. The van der Waals surface area contributed by atoms with E-state index in [2.05, 4.69) is 10.3 Å². The molecule has 3 heterocycles. The highest BCUT2D eigenvalue weighted by Gasteiger charge is 2.15. The number of nitrogens with zero attached hydrogens (tertiary/aromatic N) is 3. The van der Waals surface area contributed by atoms with Crippen molar-refractivity contribution in [2.24, 2.45) is 0 Å². The van der Waals surface area contributed by atoms with Gasteiger partial charge in [-0.3, -0.25) is 24.1 Å². The lowest BCUT2D eigenvalue weighted by molar-refractivity contribution is -0.384. The van der Waals surface area contributed by atoms with Crippen LogP contribution in [0.15, 0.2) is 59.5 Å². The summed E-state index contributed by atoms with van der Waals surface area (Å²) in [5.74, 6) is -0.407. The summed E-state index contributed by atoms with van der Waals surface area (Å²) in [6.45, 7) is 0. The van der Waals surface area contributed by atoms with Gasteiger partial charge in [0.15, 0.2) is 0 Å². The quantitative estimate of drug-likeness (QED) is 0.443. The van der Waals surface area contributed by atoms with Crippen LogP contribution in [0.5, 0.6) is 0 Å². The molecule has 1 N–H and O–H groups in total. The number of hydrogen-bond donors (Lipinski definition) is 1. The Kier molecular flexibility index (Phi) is 3.70. The van der Waals surface area contributed by atoms with Crippen molar-refractivity contribution >= 4 is 44.5 Å². The van der Waals surface area contributed by atoms with Crippen LogP contribution in [0.1, 0.15) is 9.67 Å². The van der Waals surface area contributed by atoms with Crippen LogP contribution in [-0.2, 0) is 0 Å². The third-order valence-electron chi connectivity index (χ3n) is 3.78. The van der Waals surface area contributed by atoms with Gasteiger partial charge in [0.25, 0.3) is 17.2 Å². The van der Waals surface area contributed by atoms with Crippen LogP contribution in [0.3, 0.4) is 0 Å². The van der Waals surface area contributed by atoms with Gasteiger partial charge in [-0.15, -0.1) is 11.3 Å². The monoisotopic (exact) mass is 366 g/mol. The van der Waals surface area contributed by atoms with Crippen molar-refractivity contribution in [1.82, 2.24) is 9.38 Å². The first kappa shape index (κ1) is 15.9. The molecule has 8 nitrogen and oxygen atoms in total. The second kappa shape index (κ2) is 6.05. The highest BCUT2D eigenvalue weighted by molar-refractivity contribution is 7.20. The summed E-state index contributed by atoms with van der Waals surface area (Å²) in [5, 5.41) is 13.7. The average Bonchev–Trinajstić information content (AvgIpc) is 3.07. The maximum absolute atomic E-state index is 12.5. The lowest BCUT2D eigenvalue weighted by Gasteiger charge is -2.02. The minimum Gasteiger partial charge on any atom is -0.321 e. The molecule has 0 radical (unpaired) electrons. The number of nitrogens with one attached hydrogen (secondary N) is 1. The Hall–Kier alpha value is -3.59. The third-order valence-corrected chi connectivity index (χ3v) is 4.80.